The number of hydrogen-bond donors (Lipinski definition) is 1. The second kappa shape index (κ2) is 8.76. The summed E-state index contributed by atoms with van der Waals surface area (Å²) in [6.45, 7) is 4.27. The molecule has 0 amide bonds. The van der Waals surface area contributed by atoms with Gasteiger partial charge in [-0.15, -0.1) is 24.0 Å². The van der Waals surface area contributed by atoms with Crippen molar-refractivity contribution in [3.8, 4) is 0 Å². The summed E-state index contributed by atoms with van der Waals surface area (Å²) in [5, 5.41) is 3.30. The average molecular weight is 402 g/mol. The first-order chi connectivity index (χ1) is 9.70. The zero-order valence-corrected chi connectivity index (χ0v) is 15.1. The molecule has 0 unspecified atom stereocenters. The van der Waals surface area contributed by atoms with Crippen LogP contribution in [-0.4, -0.2) is 29.0 Å². The third-order valence-corrected chi connectivity index (χ3v) is 3.11. The van der Waals surface area contributed by atoms with Gasteiger partial charge in [-0.25, -0.2) is 4.99 Å². The molecule has 2 heterocycles. The van der Waals surface area contributed by atoms with E-state index in [9.17, 15) is 0 Å². The van der Waals surface area contributed by atoms with Crippen LogP contribution in [0.5, 0.6) is 0 Å². The highest BCUT2D eigenvalue weighted by molar-refractivity contribution is 14.0. The molecule has 5 nitrogen and oxygen atoms in total. The molecule has 0 aliphatic heterocycles. The number of aromatic nitrogens is 1. The van der Waals surface area contributed by atoms with E-state index in [-0.39, 0.29) is 24.0 Å². The van der Waals surface area contributed by atoms with Crippen molar-refractivity contribution in [2.45, 2.75) is 20.0 Å². The van der Waals surface area contributed by atoms with Gasteiger partial charge in [-0.2, -0.15) is 0 Å². The molecule has 0 spiro atoms. The second-order valence-electron chi connectivity index (χ2n) is 4.72. The molecule has 116 valence electrons. The largest absolute Gasteiger partial charge is 0.467 e. The molecule has 0 saturated carbocycles. The number of aliphatic imine (C=N–C) groups is 1. The van der Waals surface area contributed by atoms with Crippen LogP contribution in [0.1, 0.15) is 18.4 Å². The molecule has 0 fully saturated rings. The van der Waals surface area contributed by atoms with Crippen LogP contribution >= 0.6 is 24.0 Å². The molecule has 0 aliphatic carbocycles. The molecule has 2 aromatic heterocycles. The molecule has 2 aromatic rings. The van der Waals surface area contributed by atoms with E-state index in [1.54, 1.807) is 6.26 Å². The summed E-state index contributed by atoms with van der Waals surface area (Å²) in [5.41, 5.74) is 1.25. The van der Waals surface area contributed by atoms with Crippen molar-refractivity contribution < 1.29 is 4.42 Å². The van der Waals surface area contributed by atoms with E-state index in [0.717, 1.165) is 24.8 Å². The van der Waals surface area contributed by atoms with Crippen molar-refractivity contribution in [1.29, 1.82) is 0 Å². The minimum atomic E-state index is 0. The highest BCUT2D eigenvalue weighted by Gasteiger charge is 2.08. The molecular weight excluding hydrogens is 379 g/mol. The van der Waals surface area contributed by atoms with Gasteiger partial charge in [0.1, 0.15) is 12.3 Å². The summed E-state index contributed by atoms with van der Waals surface area (Å²) in [7, 11) is 4.09. The first-order valence-corrected chi connectivity index (χ1v) is 6.82. The normalized spacial score (nSPS) is 11.1. The number of nitrogens with one attached hydrogen (secondary N) is 1. The van der Waals surface area contributed by atoms with Gasteiger partial charge in [0, 0.05) is 32.5 Å². The van der Waals surface area contributed by atoms with Gasteiger partial charge in [-0.05, 0) is 31.2 Å². The summed E-state index contributed by atoms with van der Waals surface area (Å²) in [5.74, 6) is 1.75. The summed E-state index contributed by atoms with van der Waals surface area (Å²) >= 11 is 0. The van der Waals surface area contributed by atoms with Gasteiger partial charge in [0.15, 0.2) is 5.96 Å². The molecule has 0 saturated heterocycles. The van der Waals surface area contributed by atoms with Crippen LogP contribution in [0.4, 0.5) is 0 Å². The first-order valence-electron chi connectivity index (χ1n) is 6.82. The predicted molar refractivity (Wildman–Crippen MR) is 95.8 cm³/mol. The van der Waals surface area contributed by atoms with Gasteiger partial charge in [0.05, 0.1) is 12.8 Å². The lowest BCUT2D eigenvalue weighted by molar-refractivity contribution is 0.457. The average Bonchev–Trinajstić information content (AvgIpc) is 3.07. The number of halogens is 1. The lowest BCUT2D eigenvalue weighted by atomic mass is 10.4. The fourth-order valence-corrected chi connectivity index (χ4v) is 2.00. The van der Waals surface area contributed by atoms with E-state index in [1.165, 1.54) is 5.69 Å². The molecule has 0 aliphatic rings. The SMILES string of the molecule is CCNC(=NCc1ccco1)N(C)Cc1cccn1C.I. The minimum absolute atomic E-state index is 0. The number of nitrogens with zero attached hydrogens (tertiary/aromatic N) is 3. The second-order valence-corrected chi connectivity index (χ2v) is 4.72. The Morgan fingerprint density at radius 3 is 2.76 bits per heavy atom. The zero-order valence-electron chi connectivity index (χ0n) is 12.7. The zero-order chi connectivity index (χ0) is 14.4. The van der Waals surface area contributed by atoms with Crippen molar-refractivity contribution in [3.05, 3.63) is 48.2 Å². The molecule has 0 radical (unpaired) electrons. The van der Waals surface area contributed by atoms with Crippen molar-refractivity contribution in [3.63, 3.8) is 0 Å². The molecule has 6 heteroatoms. The monoisotopic (exact) mass is 402 g/mol. The molecule has 0 aromatic carbocycles. The minimum Gasteiger partial charge on any atom is -0.467 e. The molecular formula is C15H23IN4O. The Bertz CT molecular complexity index is 548. The molecule has 1 N–H and O–H groups in total. The number of rotatable bonds is 5. The van der Waals surface area contributed by atoms with Crippen molar-refractivity contribution in [1.82, 2.24) is 14.8 Å². The van der Waals surface area contributed by atoms with Crippen LogP contribution in [-0.2, 0) is 20.1 Å². The van der Waals surface area contributed by atoms with Crippen LogP contribution in [0.2, 0.25) is 0 Å². The van der Waals surface area contributed by atoms with Crippen molar-refractivity contribution in [2.75, 3.05) is 13.6 Å². The maximum atomic E-state index is 5.31. The van der Waals surface area contributed by atoms with Gasteiger partial charge < -0.3 is 19.2 Å². The molecule has 21 heavy (non-hydrogen) atoms. The Morgan fingerprint density at radius 2 is 2.19 bits per heavy atom. The van der Waals surface area contributed by atoms with E-state index in [1.807, 2.05) is 19.2 Å². The van der Waals surface area contributed by atoms with Crippen LogP contribution < -0.4 is 5.32 Å². The Kier molecular flexibility index (Phi) is 7.35. The van der Waals surface area contributed by atoms with Crippen LogP contribution in [0.3, 0.4) is 0 Å². The van der Waals surface area contributed by atoms with Crippen molar-refractivity contribution >= 4 is 29.9 Å². The van der Waals surface area contributed by atoms with E-state index in [0.29, 0.717) is 6.54 Å². The topological polar surface area (TPSA) is 45.7 Å². The molecule has 2 rings (SSSR count). The van der Waals surface area contributed by atoms with Gasteiger partial charge in [0.25, 0.3) is 0 Å². The summed E-state index contributed by atoms with van der Waals surface area (Å²) in [6.07, 6.45) is 3.72. The smallest absolute Gasteiger partial charge is 0.194 e. The first kappa shape index (κ1) is 17.6. The fraction of sp³-hybridized carbons (Fsp3) is 0.400. The van der Waals surface area contributed by atoms with Gasteiger partial charge in [-0.1, -0.05) is 0 Å². The third kappa shape index (κ3) is 5.11. The maximum Gasteiger partial charge on any atom is 0.194 e. The molecule has 0 atom stereocenters. The van der Waals surface area contributed by atoms with E-state index < -0.39 is 0 Å². The van der Waals surface area contributed by atoms with Gasteiger partial charge in [0.2, 0.25) is 0 Å². The lowest BCUT2D eigenvalue weighted by Crippen LogP contribution is -2.38. The van der Waals surface area contributed by atoms with E-state index in [4.69, 9.17) is 4.42 Å². The maximum absolute atomic E-state index is 5.31. The fourth-order valence-electron chi connectivity index (χ4n) is 2.00. The van der Waals surface area contributed by atoms with Crippen LogP contribution in [0.25, 0.3) is 0 Å². The Balaban J connectivity index is 0.00000220. The summed E-state index contributed by atoms with van der Waals surface area (Å²) in [4.78, 5) is 6.71. The highest BCUT2D eigenvalue weighted by Crippen LogP contribution is 2.06. The van der Waals surface area contributed by atoms with Crippen LogP contribution in [0.15, 0.2) is 46.1 Å². The summed E-state index contributed by atoms with van der Waals surface area (Å²) < 4.78 is 7.43. The summed E-state index contributed by atoms with van der Waals surface area (Å²) in [6, 6.07) is 7.98. The number of hydrogen-bond acceptors (Lipinski definition) is 2. The number of aryl methyl sites for hydroxylation is 1. The van der Waals surface area contributed by atoms with Crippen LogP contribution in [0, 0.1) is 0 Å². The van der Waals surface area contributed by atoms with Gasteiger partial charge in [-0.3, -0.25) is 0 Å². The highest BCUT2D eigenvalue weighted by atomic mass is 127. The quantitative estimate of drug-likeness (QED) is 0.475. The molecule has 0 bridgehead atoms. The van der Waals surface area contributed by atoms with E-state index >= 15 is 0 Å². The standard InChI is InChI=1S/C15H22N4O.HI/c1-4-16-15(17-11-14-8-6-10-20-14)19(3)12-13-7-5-9-18(13)2;/h5-10H,4,11-12H2,1-3H3,(H,16,17);1H. The lowest BCUT2D eigenvalue weighted by Gasteiger charge is -2.22. The van der Waals surface area contributed by atoms with Crippen molar-refractivity contribution in [2.24, 2.45) is 12.0 Å². The predicted octanol–water partition coefficient (Wildman–Crippen LogP) is 2.83. The van der Waals surface area contributed by atoms with Gasteiger partial charge >= 0.3 is 0 Å². The number of guanidine groups is 1. The Labute approximate surface area is 143 Å². The van der Waals surface area contributed by atoms with E-state index in [2.05, 4.69) is 52.1 Å². The number of furan rings is 1. The Hall–Kier alpha value is -1.44. The Morgan fingerprint density at radius 1 is 1.38 bits per heavy atom. The third-order valence-electron chi connectivity index (χ3n) is 3.11.